The van der Waals surface area contributed by atoms with Gasteiger partial charge in [0.15, 0.2) is 5.82 Å². The van der Waals surface area contributed by atoms with Crippen molar-refractivity contribution >= 4 is 17.4 Å². The predicted molar refractivity (Wildman–Crippen MR) is 85.1 cm³/mol. The second-order valence-electron chi connectivity index (χ2n) is 7.42. The van der Waals surface area contributed by atoms with Crippen molar-refractivity contribution in [1.82, 2.24) is 9.97 Å². The molecule has 4 nitrogen and oxygen atoms in total. The van der Waals surface area contributed by atoms with E-state index in [1.807, 2.05) is 6.07 Å². The maximum atomic E-state index is 6.31. The molecule has 0 radical (unpaired) electrons. The van der Waals surface area contributed by atoms with Crippen LogP contribution in [0, 0.1) is 11.8 Å². The van der Waals surface area contributed by atoms with Gasteiger partial charge in [0.2, 0.25) is 0 Å². The fraction of sp³-hybridized carbons (Fsp3) is 0.765. The molecule has 3 heterocycles. The lowest BCUT2D eigenvalue weighted by Gasteiger charge is -2.29. The first kappa shape index (κ1) is 13.6. The first-order chi connectivity index (χ1) is 10.8. The van der Waals surface area contributed by atoms with Crippen LogP contribution in [0.25, 0.3) is 0 Å². The number of fused-ring (bicyclic) bond motifs is 2. The minimum Gasteiger partial charge on any atom is -0.370 e. The molecule has 1 aromatic heterocycles. The van der Waals surface area contributed by atoms with Gasteiger partial charge in [-0.05, 0) is 50.4 Å². The van der Waals surface area contributed by atoms with Crippen molar-refractivity contribution in [2.75, 3.05) is 18.1 Å². The molecule has 1 aromatic rings. The van der Waals surface area contributed by atoms with Crippen LogP contribution in [0.15, 0.2) is 6.07 Å². The summed E-state index contributed by atoms with van der Waals surface area (Å²) in [4.78, 5) is 11.9. The van der Waals surface area contributed by atoms with Gasteiger partial charge in [-0.3, -0.25) is 0 Å². The summed E-state index contributed by atoms with van der Waals surface area (Å²) in [6.07, 6.45) is 8.99. The van der Waals surface area contributed by atoms with Crippen LogP contribution in [0.4, 0.5) is 5.82 Å². The van der Waals surface area contributed by atoms with E-state index in [0.29, 0.717) is 10.7 Å². The number of anilines is 1. The Morgan fingerprint density at radius 3 is 2.86 bits per heavy atom. The van der Waals surface area contributed by atoms with Crippen molar-refractivity contribution in [1.29, 1.82) is 0 Å². The molecule has 5 heteroatoms. The Morgan fingerprint density at radius 2 is 2.09 bits per heavy atom. The first-order valence-electron chi connectivity index (χ1n) is 8.70. The standard InChI is InChI=1S/C17H22ClN3O/c18-14-9-15(20-16(19-14)13-5-2-8-22-13)21-10-11-3-1-4-12(11)17(21)6-7-17/h9,11-13H,1-8,10H2/t11-,12-,13?/m0/s1. The number of ether oxygens (including phenoxy) is 1. The zero-order valence-corrected chi connectivity index (χ0v) is 13.6. The largest absolute Gasteiger partial charge is 0.370 e. The van der Waals surface area contributed by atoms with Crippen LogP contribution in [0.1, 0.15) is 56.9 Å². The molecule has 0 amide bonds. The zero-order chi connectivity index (χ0) is 14.7. The lowest BCUT2D eigenvalue weighted by atomic mass is 9.92. The van der Waals surface area contributed by atoms with E-state index in [1.165, 1.54) is 32.1 Å². The van der Waals surface area contributed by atoms with Gasteiger partial charge in [0.1, 0.15) is 17.1 Å². The van der Waals surface area contributed by atoms with Crippen LogP contribution in [0.5, 0.6) is 0 Å². The molecule has 4 fully saturated rings. The minimum absolute atomic E-state index is 0.0368. The number of hydrogen-bond donors (Lipinski definition) is 0. The Morgan fingerprint density at radius 1 is 1.18 bits per heavy atom. The zero-order valence-electron chi connectivity index (χ0n) is 12.8. The van der Waals surface area contributed by atoms with Gasteiger partial charge in [0, 0.05) is 24.8 Å². The van der Waals surface area contributed by atoms with E-state index in [2.05, 4.69) is 9.88 Å². The molecule has 0 N–H and O–H groups in total. The number of nitrogens with zero attached hydrogens (tertiary/aromatic N) is 3. The second kappa shape index (κ2) is 4.81. The van der Waals surface area contributed by atoms with Crippen molar-refractivity contribution in [3.05, 3.63) is 17.0 Å². The molecule has 2 saturated carbocycles. The highest BCUT2D eigenvalue weighted by molar-refractivity contribution is 6.29. The highest BCUT2D eigenvalue weighted by atomic mass is 35.5. The maximum Gasteiger partial charge on any atom is 0.161 e. The summed E-state index contributed by atoms with van der Waals surface area (Å²) < 4.78 is 5.75. The maximum absolute atomic E-state index is 6.31. The second-order valence-corrected chi connectivity index (χ2v) is 7.81. The molecule has 2 saturated heterocycles. The van der Waals surface area contributed by atoms with E-state index in [-0.39, 0.29) is 6.10 Å². The molecule has 4 aliphatic rings. The number of aromatic nitrogens is 2. The smallest absolute Gasteiger partial charge is 0.161 e. The first-order valence-corrected chi connectivity index (χ1v) is 9.08. The molecule has 3 atom stereocenters. The number of hydrogen-bond acceptors (Lipinski definition) is 4. The van der Waals surface area contributed by atoms with Crippen molar-refractivity contribution in [2.24, 2.45) is 11.8 Å². The number of rotatable bonds is 2. The van der Waals surface area contributed by atoms with Gasteiger partial charge in [-0.25, -0.2) is 9.97 Å². The summed E-state index contributed by atoms with van der Waals surface area (Å²) in [5.41, 5.74) is 0.395. The summed E-state index contributed by atoms with van der Waals surface area (Å²) in [5, 5.41) is 0.559. The van der Waals surface area contributed by atoms with Gasteiger partial charge in [0.05, 0.1) is 0 Å². The Balaban J connectivity index is 1.50. The van der Waals surface area contributed by atoms with Crippen LogP contribution < -0.4 is 4.90 Å². The lowest BCUT2D eigenvalue weighted by molar-refractivity contribution is 0.105. The van der Waals surface area contributed by atoms with E-state index in [4.69, 9.17) is 21.3 Å². The van der Waals surface area contributed by atoms with Gasteiger partial charge < -0.3 is 9.64 Å². The molecule has 1 unspecified atom stereocenters. The third-order valence-corrected chi connectivity index (χ3v) is 6.45. The van der Waals surface area contributed by atoms with Crippen LogP contribution in [0.3, 0.4) is 0 Å². The molecule has 0 aromatic carbocycles. The average molecular weight is 320 g/mol. The molecule has 5 rings (SSSR count). The Kier molecular flexibility index (Phi) is 2.97. The summed E-state index contributed by atoms with van der Waals surface area (Å²) in [7, 11) is 0. The van der Waals surface area contributed by atoms with E-state index in [0.717, 1.165) is 49.5 Å². The van der Waals surface area contributed by atoms with Gasteiger partial charge in [-0.15, -0.1) is 0 Å². The summed E-state index contributed by atoms with van der Waals surface area (Å²) >= 11 is 6.31. The van der Waals surface area contributed by atoms with Gasteiger partial charge in [-0.1, -0.05) is 18.0 Å². The molecular formula is C17H22ClN3O. The van der Waals surface area contributed by atoms with E-state index in [1.54, 1.807) is 0 Å². The molecule has 2 aliphatic heterocycles. The molecule has 22 heavy (non-hydrogen) atoms. The van der Waals surface area contributed by atoms with E-state index >= 15 is 0 Å². The topological polar surface area (TPSA) is 38.2 Å². The summed E-state index contributed by atoms with van der Waals surface area (Å²) in [6, 6.07) is 1.96. The van der Waals surface area contributed by atoms with Crippen LogP contribution in [-0.2, 0) is 4.74 Å². The molecule has 1 spiro atoms. The third-order valence-electron chi connectivity index (χ3n) is 6.26. The van der Waals surface area contributed by atoms with Gasteiger partial charge >= 0.3 is 0 Å². The average Bonchev–Trinajstić information content (AvgIpc) is 2.93. The third kappa shape index (κ3) is 1.93. The van der Waals surface area contributed by atoms with Crippen molar-refractivity contribution < 1.29 is 4.74 Å². The Bertz CT molecular complexity index is 598. The summed E-state index contributed by atoms with van der Waals surface area (Å²) in [6.45, 7) is 1.97. The molecule has 0 bridgehead atoms. The molecule has 2 aliphatic carbocycles. The highest BCUT2D eigenvalue weighted by Gasteiger charge is 2.62. The Hall–Kier alpha value is -0.870. The fourth-order valence-corrected chi connectivity index (χ4v) is 5.34. The number of halogens is 1. The molecule has 118 valence electrons. The van der Waals surface area contributed by atoms with E-state index < -0.39 is 0 Å². The van der Waals surface area contributed by atoms with Crippen LogP contribution >= 0.6 is 11.6 Å². The van der Waals surface area contributed by atoms with E-state index in [9.17, 15) is 0 Å². The summed E-state index contributed by atoms with van der Waals surface area (Å²) in [5.74, 6) is 3.57. The SMILES string of the molecule is Clc1cc(N2C[C@@H]3CCC[C@@H]3C23CC3)nc(C2CCCO2)n1. The minimum atomic E-state index is 0.0368. The highest BCUT2D eigenvalue weighted by Crippen LogP contribution is 2.61. The van der Waals surface area contributed by atoms with Gasteiger partial charge in [-0.2, -0.15) is 0 Å². The van der Waals surface area contributed by atoms with Gasteiger partial charge in [0.25, 0.3) is 0 Å². The Labute approximate surface area is 136 Å². The monoisotopic (exact) mass is 319 g/mol. The normalized spacial score (nSPS) is 35.3. The van der Waals surface area contributed by atoms with Crippen molar-refractivity contribution in [2.45, 2.75) is 56.6 Å². The van der Waals surface area contributed by atoms with Crippen molar-refractivity contribution in [3.8, 4) is 0 Å². The van der Waals surface area contributed by atoms with Crippen LogP contribution in [0.2, 0.25) is 5.15 Å². The van der Waals surface area contributed by atoms with Crippen molar-refractivity contribution in [3.63, 3.8) is 0 Å². The van der Waals surface area contributed by atoms with Crippen LogP contribution in [-0.4, -0.2) is 28.7 Å². The fourth-order valence-electron chi connectivity index (χ4n) is 5.16. The molecular weight excluding hydrogens is 298 g/mol. The quantitative estimate of drug-likeness (QED) is 0.778. The lowest BCUT2D eigenvalue weighted by Crippen LogP contribution is -2.36. The predicted octanol–water partition coefficient (Wildman–Crippen LogP) is 3.75.